The molecular formula is C19H14Cl2N4O. The van der Waals surface area contributed by atoms with Crippen molar-refractivity contribution in [1.82, 2.24) is 19.7 Å². The van der Waals surface area contributed by atoms with Gasteiger partial charge in [0.05, 0.1) is 21.9 Å². The maximum Gasteiger partial charge on any atom is 0.233 e. The average Bonchev–Trinajstić information content (AvgIpc) is 3.06. The van der Waals surface area contributed by atoms with Crippen LogP contribution in [-0.2, 0) is 0 Å². The van der Waals surface area contributed by atoms with Crippen molar-refractivity contribution in [1.29, 1.82) is 0 Å². The van der Waals surface area contributed by atoms with E-state index >= 15 is 0 Å². The van der Waals surface area contributed by atoms with Crippen LogP contribution in [0.4, 0.5) is 0 Å². The number of halogens is 2. The topological polar surface area (TPSA) is 52.8 Å². The molecule has 0 amide bonds. The molecule has 0 saturated carbocycles. The number of nitrogens with zero attached hydrogens (tertiary/aromatic N) is 4. The number of aryl methyl sites for hydroxylation is 2. The zero-order chi connectivity index (χ0) is 18.3. The van der Waals surface area contributed by atoms with Crippen LogP contribution in [0.5, 0.6) is 11.6 Å². The molecule has 0 radical (unpaired) electrons. The number of benzene rings is 2. The molecule has 0 unspecified atom stereocenters. The highest BCUT2D eigenvalue weighted by Gasteiger charge is 2.14. The molecule has 0 atom stereocenters. The van der Waals surface area contributed by atoms with Gasteiger partial charge in [0, 0.05) is 0 Å². The summed E-state index contributed by atoms with van der Waals surface area (Å²) in [5.41, 5.74) is 3.74. The lowest BCUT2D eigenvalue weighted by Gasteiger charge is -2.08. The average molecular weight is 385 g/mol. The smallest absolute Gasteiger partial charge is 0.233 e. The summed E-state index contributed by atoms with van der Waals surface area (Å²) in [7, 11) is 0. The van der Waals surface area contributed by atoms with Crippen molar-refractivity contribution < 1.29 is 4.74 Å². The Morgan fingerprint density at radius 2 is 1.77 bits per heavy atom. The third kappa shape index (κ3) is 3.00. The Morgan fingerprint density at radius 1 is 0.923 bits per heavy atom. The Morgan fingerprint density at radius 3 is 2.54 bits per heavy atom. The number of aromatic nitrogens is 4. The lowest BCUT2D eigenvalue weighted by atomic mass is 10.1. The van der Waals surface area contributed by atoms with E-state index in [2.05, 4.69) is 22.0 Å². The molecule has 4 rings (SSSR count). The number of rotatable bonds is 3. The van der Waals surface area contributed by atoms with E-state index in [-0.39, 0.29) is 0 Å². The minimum atomic E-state index is 0.449. The highest BCUT2D eigenvalue weighted by molar-refractivity contribution is 6.42. The summed E-state index contributed by atoms with van der Waals surface area (Å²) < 4.78 is 7.64. The van der Waals surface area contributed by atoms with Crippen molar-refractivity contribution in [2.24, 2.45) is 0 Å². The van der Waals surface area contributed by atoms with Gasteiger partial charge in [-0.1, -0.05) is 29.3 Å². The molecular weight excluding hydrogens is 371 g/mol. The van der Waals surface area contributed by atoms with E-state index in [9.17, 15) is 0 Å². The predicted octanol–water partition coefficient (Wildman–Crippen LogP) is 5.53. The van der Waals surface area contributed by atoms with E-state index in [1.165, 1.54) is 11.9 Å². The third-order valence-electron chi connectivity index (χ3n) is 4.17. The lowest BCUT2D eigenvalue weighted by Crippen LogP contribution is -1.98. The molecule has 4 aromatic rings. The van der Waals surface area contributed by atoms with Crippen molar-refractivity contribution >= 4 is 34.2 Å². The lowest BCUT2D eigenvalue weighted by molar-refractivity contribution is 0.467. The molecule has 0 N–H and O–H groups in total. The normalized spacial score (nSPS) is 11.1. The van der Waals surface area contributed by atoms with Gasteiger partial charge in [0.1, 0.15) is 17.5 Å². The predicted molar refractivity (Wildman–Crippen MR) is 103 cm³/mol. The minimum Gasteiger partial charge on any atom is -0.438 e. The quantitative estimate of drug-likeness (QED) is 0.465. The van der Waals surface area contributed by atoms with Gasteiger partial charge in [-0.15, -0.1) is 0 Å². The molecule has 0 aliphatic heterocycles. The van der Waals surface area contributed by atoms with Gasteiger partial charge < -0.3 is 4.74 Å². The summed E-state index contributed by atoms with van der Waals surface area (Å²) in [6, 6.07) is 11.2. The molecule has 0 aliphatic carbocycles. The van der Waals surface area contributed by atoms with Gasteiger partial charge in [-0.3, -0.25) is 0 Å². The Bertz CT molecular complexity index is 1120. The van der Waals surface area contributed by atoms with Gasteiger partial charge in [-0.2, -0.15) is 5.10 Å². The van der Waals surface area contributed by atoms with E-state index in [1.54, 1.807) is 23.0 Å². The van der Waals surface area contributed by atoms with E-state index < -0.39 is 0 Å². The van der Waals surface area contributed by atoms with Gasteiger partial charge in [0.25, 0.3) is 0 Å². The van der Waals surface area contributed by atoms with Crippen LogP contribution in [0.1, 0.15) is 11.1 Å². The fourth-order valence-corrected chi connectivity index (χ4v) is 2.89. The van der Waals surface area contributed by atoms with E-state index in [0.717, 1.165) is 17.0 Å². The number of hydrogen-bond acceptors (Lipinski definition) is 4. The molecule has 7 heteroatoms. The molecule has 2 heterocycles. The van der Waals surface area contributed by atoms with Crippen molar-refractivity contribution in [2.75, 3.05) is 0 Å². The molecule has 0 spiro atoms. The van der Waals surface area contributed by atoms with E-state index in [0.29, 0.717) is 27.0 Å². The molecule has 0 fully saturated rings. The van der Waals surface area contributed by atoms with Crippen molar-refractivity contribution in [3.8, 4) is 17.3 Å². The van der Waals surface area contributed by atoms with Crippen molar-refractivity contribution in [3.63, 3.8) is 0 Å². The van der Waals surface area contributed by atoms with Crippen molar-refractivity contribution in [3.05, 3.63) is 70.1 Å². The zero-order valence-corrected chi connectivity index (χ0v) is 15.6. The Kier molecular flexibility index (Phi) is 4.26. The summed E-state index contributed by atoms with van der Waals surface area (Å²) in [6.07, 6.45) is 3.13. The van der Waals surface area contributed by atoms with E-state index in [4.69, 9.17) is 27.9 Å². The first kappa shape index (κ1) is 16.8. The molecule has 0 aliphatic rings. The van der Waals surface area contributed by atoms with Crippen LogP contribution in [0.3, 0.4) is 0 Å². The molecule has 130 valence electrons. The van der Waals surface area contributed by atoms with Gasteiger partial charge in [-0.25, -0.2) is 14.6 Å². The first-order chi connectivity index (χ1) is 12.5. The summed E-state index contributed by atoms with van der Waals surface area (Å²) in [4.78, 5) is 8.60. The van der Waals surface area contributed by atoms with E-state index in [1.807, 2.05) is 31.2 Å². The summed E-state index contributed by atoms with van der Waals surface area (Å²) in [5, 5.41) is 6.05. The Balaban J connectivity index is 1.77. The minimum absolute atomic E-state index is 0.449. The molecule has 0 saturated heterocycles. The summed E-state index contributed by atoms with van der Waals surface area (Å²) in [5.74, 6) is 1.17. The van der Waals surface area contributed by atoms with Gasteiger partial charge in [0.2, 0.25) is 5.88 Å². The highest BCUT2D eigenvalue weighted by atomic mass is 35.5. The monoisotopic (exact) mass is 384 g/mol. The van der Waals surface area contributed by atoms with Crippen LogP contribution in [-0.4, -0.2) is 19.7 Å². The van der Waals surface area contributed by atoms with Gasteiger partial charge >= 0.3 is 0 Å². The first-order valence-electron chi connectivity index (χ1n) is 7.92. The standard InChI is InChI=1S/C19H14Cl2N4O/c1-11-3-5-14(7-12(11)2)26-19-15-9-24-25(18(15)22-10-23-19)13-4-6-16(20)17(21)8-13/h3-10H,1-2H3. The van der Waals surface area contributed by atoms with Crippen LogP contribution in [0.2, 0.25) is 10.0 Å². The number of ether oxygens (including phenoxy) is 1. The summed E-state index contributed by atoms with van der Waals surface area (Å²) in [6.45, 7) is 4.10. The fourth-order valence-electron chi connectivity index (χ4n) is 2.60. The molecule has 0 bridgehead atoms. The maximum absolute atomic E-state index is 6.12. The van der Waals surface area contributed by atoms with Crippen molar-refractivity contribution in [2.45, 2.75) is 13.8 Å². The van der Waals surface area contributed by atoms with Crippen LogP contribution < -0.4 is 4.74 Å². The summed E-state index contributed by atoms with van der Waals surface area (Å²) >= 11 is 12.1. The SMILES string of the molecule is Cc1ccc(Oc2ncnc3c2cnn3-c2ccc(Cl)c(Cl)c2)cc1C. The van der Waals surface area contributed by atoms with Crippen LogP contribution >= 0.6 is 23.2 Å². The second-order valence-corrected chi connectivity index (χ2v) is 6.73. The fraction of sp³-hybridized carbons (Fsp3) is 0.105. The van der Waals surface area contributed by atoms with Crippen LogP contribution in [0.25, 0.3) is 16.7 Å². The highest BCUT2D eigenvalue weighted by Crippen LogP contribution is 2.30. The molecule has 5 nitrogen and oxygen atoms in total. The molecule has 2 aromatic heterocycles. The Labute approximate surface area is 160 Å². The molecule has 2 aromatic carbocycles. The second-order valence-electron chi connectivity index (χ2n) is 5.92. The third-order valence-corrected chi connectivity index (χ3v) is 4.91. The van der Waals surface area contributed by atoms with Crippen LogP contribution in [0, 0.1) is 13.8 Å². The Hall–Kier alpha value is -2.63. The number of hydrogen-bond donors (Lipinski definition) is 0. The van der Waals surface area contributed by atoms with Gasteiger partial charge in [0.15, 0.2) is 5.65 Å². The molecule has 26 heavy (non-hydrogen) atoms. The first-order valence-corrected chi connectivity index (χ1v) is 8.68. The maximum atomic E-state index is 6.12. The zero-order valence-electron chi connectivity index (χ0n) is 14.1. The second kappa shape index (κ2) is 6.59. The number of fused-ring (bicyclic) bond motifs is 1. The van der Waals surface area contributed by atoms with Gasteiger partial charge in [-0.05, 0) is 55.3 Å². The largest absolute Gasteiger partial charge is 0.438 e. The van der Waals surface area contributed by atoms with Crippen LogP contribution in [0.15, 0.2) is 48.9 Å².